The van der Waals surface area contributed by atoms with Crippen LogP contribution in [0.15, 0.2) is 0 Å². The molecule has 4 nitrogen and oxygen atoms in total. The van der Waals surface area contributed by atoms with E-state index in [2.05, 4.69) is 38.3 Å². The number of nitrogens with one attached hydrogen (secondary N) is 2. The Labute approximate surface area is 142 Å². The minimum absolute atomic E-state index is 0. The number of aliphatic hydroxyl groups is 2. The van der Waals surface area contributed by atoms with Crippen molar-refractivity contribution in [3.63, 3.8) is 0 Å². The van der Waals surface area contributed by atoms with E-state index in [0.717, 1.165) is 38.8 Å². The molecule has 0 saturated heterocycles. The van der Waals surface area contributed by atoms with Crippen LogP contribution in [0.2, 0.25) is 0 Å². The van der Waals surface area contributed by atoms with Crippen LogP contribution < -0.4 is 10.6 Å². The van der Waals surface area contributed by atoms with Gasteiger partial charge >= 0.3 is 0 Å². The summed E-state index contributed by atoms with van der Waals surface area (Å²) in [6, 6.07) is 0. The molecule has 4 atom stereocenters. The number of hydrogen-bond donors (Lipinski definition) is 4. The first kappa shape index (κ1) is 26.2. The van der Waals surface area contributed by atoms with E-state index in [1.54, 1.807) is 0 Å². The standard InChI is InChI=1S/2C8H19NO.Ni/c2*1-4-6-9-8(10)7(3)5-2;/h2*7-10H,4-6H2,1-3H3;. The molecule has 0 aromatic heterocycles. The van der Waals surface area contributed by atoms with Crippen molar-refractivity contribution in [1.29, 1.82) is 0 Å². The quantitative estimate of drug-likeness (QED) is 0.362. The zero-order chi connectivity index (χ0) is 16.0. The Morgan fingerprint density at radius 2 is 1.00 bits per heavy atom. The van der Waals surface area contributed by atoms with Crippen LogP contribution in [0.3, 0.4) is 0 Å². The van der Waals surface area contributed by atoms with Crippen LogP contribution in [-0.2, 0) is 16.5 Å². The van der Waals surface area contributed by atoms with Gasteiger partial charge in [0.15, 0.2) is 0 Å². The first-order valence-corrected chi connectivity index (χ1v) is 8.27. The van der Waals surface area contributed by atoms with Gasteiger partial charge in [-0.2, -0.15) is 0 Å². The van der Waals surface area contributed by atoms with Crippen LogP contribution in [0.1, 0.15) is 67.2 Å². The Kier molecular flexibility index (Phi) is 23.0. The molecule has 0 fully saturated rings. The molecule has 0 aromatic rings. The van der Waals surface area contributed by atoms with Crippen molar-refractivity contribution in [2.75, 3.05) is 13.1 Å². The molecule has 0 radical (unpaired) electrons. The molecule has 0 bridgehead atoms. The van der Waals surface area contributed by atoms with Gasteiger partial charge in [-0.25, -0.2) is 0 Å². The summed E-state index contributed by atoms with van der Waals surface area (Å²) in [5, 5.41) is 24.8. The average molecular weight is 349 g/mol. The van der Waals surface area contributed by atoms with Gasteiger partial charge < -0.3 is 10.2 Å². The Hall–Kier alpha value is 0.334. The first-order chi connectivity index (χ1) is 9.44. The third-order valence-corrected chi connectivity index (χ3v) is 3.57. The van der Waals surface area contributed by atoms with Crippen molar-refractivity contribution < 1.29 is 26.7 Å². The summed E-state index contributed by atoms with van der Waals surface area (Å²) in [6.07, 6.45) is 3.58. The molecular weight excluding hydrogens is 311 g/mol. The summed E-state index contributed by atoms with van der Waals surface area (Å²) in [5.74, 6) is 0.734. The zero-order valence-electron chi connectivity index (χ0n) is 14.8. The average Bonchev–Trinajstić information content (AvgIpc) is 2.48. The predicted octanol–water partition coefficient (Wildman–Crippen LogP) is 2.70. The van der Waals surface area contributed by atoms with Crippen LogP contribution in [0.25, 0.3) is 0 Å². The molecule has 0 saturated carbocycles. The van der Waals surface area contributed by atoms with Gasteiger partial charge in [0, 0.05) is 16.5 Å². The molecule has 4 N–H and O–H groups in total. The zero-order valence-corrected chi connectivity index (χ0v) is 15.8. The van der Waals surface area contributed by atoms with E-state index in [1.807, 2.05) is 13.8 Å². The van der Waals surface area contributed by atoms with Crippen molar-refractivity contribution in [3.05, 3.63) is 0 Å². The molecule has 21 heavy (non-hydrogen) atoms. The Morgan fingerprint density at radius 3 is 1.19 bits per heavy atom. The van der Waals surface area contributed by atoms with Crippen molar-refractivity contribution >= 4 is 0 Å². The molecule has 5 heteroatoms. The Bertz CT molecular complexity index is 177. The molecule has 0 aliphatic heterocycles. The van der Waals surface area contributed by atoms with Crippen molar-refractivity contribution in [1.82, 2.24) is 10.6 Å². The largest absolute Gasteiger partial charge is 0.378 e. The molecule has 0 aliphatic rings. The van der Waals surface area contributed by atoms with Gasteiger partial charge in [-0.05, 0) is 50.6 Å². The van der Waals surface area contributed by atoms with Crippen LogP contribution in [0.4, 0.5) is 0 Å². The van der Waals surface area contributed by atoms with Crippen LogP contribution in [0, 0.1) is 11.8 Å². The topological polar surface area (TPSA) is 64.5 Å². The van der Waals surface area contributed by atoms with Crippen LogP contribution >= 0.6 is 0 Å². The van der Waals surface area contributed by atoms with Gasteiger partial charge in [0.1, 0.15) is 12.5 Å². The van der Waals surface area contributed by atoms with Gasteiger partial charge in [-0.15, -0.1) is 0 Å². The van der Waals surface area contributed by atoms with E-state index >= 15 is 0 Å². The Balaban J connectivity index is -0.000000295. The molecule has 0 aromatic carbocycles. The smallest absolute Gasteiger partial charge is 0.107 e. The summed E-state index contributed by atoms with van der Waals surface area (Å²) in [4.78, 5) is 0. The molecule has 0 amide bonds. The van der Waals surface area contributed by atoms with E-state index in [0.29, 0.717) is 11.8 Å². The maximum absolute atomic E-state index is 9.34. The van der Waals surface area contributed by atoms with Gasteiger partial charge in [0.05, 0.1) is 0 Å². The van der Waals surface area contributed by atoms with E-state index in [1.165, 1.54) is 0 Å². The van der Waals surface area contributed by atoms with Crippen LogP contribution in [0.5, 0.6) is 0 Å². The first-order valence-electron chi connectivity index (χ1n) is 8.27. The maximum Gasteiger partial charge on any atom is 0.107 e. The van der Waals surface area contributed by atoms with Crippen molar-refractivity contribution in [2.24, 2.45) is 11.8 Å². The van der Waals surface area contributed by atoms with E-state index in [9.17, 15) is 10.2 Å². The fraction of sp³-hybridized carbons (Fsp3) is 1.00. The van der Waals surface area contributed by atoms with Gasteiger partial charge in [0.25, 0.3) is 0 Å². The second kappa shape index (κ2) is 18.4. The molecular formula is C16H38N2NiO2. The molecule has 0 aliphatic carbocycles. The van der Waals surface area contributed by atoms with Crippen molar-refractivity contribution in [3.8, 4) is 0 Å². The SMILES string of the molecule is CCCNC(O)C(C)CC.CCCNC(O)C(C)CC.[Ni]. The number of hydrogen-bond acceptors (Lipinski definition) is 4. The monoisotopic (exact) mass is 348 g/mol. The van der Waals surface area contributed by atoms with Crippen LogP contribution in [-0.4, -0.2) is 35.8 Å². The summed E-state index contributed by atoms with van der Waals surface area (Å²) in [5.41, 5.74) is 0. The molecule has 4 unspecified atom stereocenters. The molecule has 0 rings (SSSR count). The fourth-order valence-corrected chi connectivity index (χ4v) is 1.43. The normalized spacial score (nSPS) is 16.0. The minimum atomic E-state index is -0.315. The van der Waals surface area contributed by atoms with Gasteiger partial charge in [0.2, 0.25) is 0 Å². The Morgan fingerprint density at radius 1 is 0.714 bits per heavy atom. The number of aliphatic hydroxyl groups excluding tert-OH is 2. The number of rotatable bonds is 10. The molecule has 0 heterocycles. The maximum atomic E-state index is 9.34. The molecule has 134 valence electrons. The summed E-state index contributed by atoms with van der Waals surface area (Å²) in [6.45, 7) is 14.3. The van der Waals surface area contributed by atoms with Gasteiger partial charge in [-0.3, -0.25) is 10.6 Å². The third-order valence-electron chi connectivity index (χ3n) is 3.57. The second-order valence-corrected chi connectivity index (χ2v) is 5.57. The fourth-order valence-electron chi connectivity index (χ4n) is 1.43. The van der Waals surface area contributed by atoms with E-state index in [4.69, 9.17) is 0 Å². The summed E-state index contributed by atoms with van der Waals surface area (Å²) < 4.78 is 0. The van der Waals surface area contributed by atoms with E-state index < -0.39 is 0 Å². The van der Waals surface area contributed by atoms with E-state index in [-0.39, 0.29) is 28.9 Å². The summed E-state index contributed by atoms with van der Waals surface area (Å²) in [7, 11) is 0. The molecule has 0 spiro atoms. The third kappa shape index (κ3) is 16.5. The summed E-state index contributed by atoms with van der Waals surface area (Å²) >= 11 is 0. The minimum Gasteiger partial charge on any atom is -0.378 e. The van der Waals surface area contributed by atoms with Crippen molar-refractivity contribution in [2.45, 2.75) is 79.7 Å². The van der Waals surface area contributed by atoms with Gasteiger partial charge in [-0.1, -0.05) is 41.5 Å². The second-order valence-electron chi connectivity index (χ2n) is 5.57. The predicted molar refractivity (Wildman–Crippen MR) is 87.5 cm³/mol.